The number of phenolic OH excluding ortho intramolecular Hbond substituents is 1. The van der Waals surface area contributed by atoms with Gasteiger partial charge in [0.2, 0.25) is 0 Å². The zero-order valence-corrected chi connectivity index (χ0v) is 8.85. The van der Waals surface area contributed by atoms with Gasteiger partial charge in [0, 0.05) is 0 Å². The average molecular weight is 195 g/mol. The highest BCUT2D eigenvalue weighted by atomic mass is 32.1. The predicted octanol–water partition coefficient (Wildman–Crippen LogP) is 3.34. The number of rotatable bonds is 0. The first kappa shape index (κ1) is 9.99. The lowest BCUT2D eigenvalue weighted by atomic mass is 10.2. The van der Waals surface area contributed by atoms with Crippen LogP contribution >= 0.6 is 11.5 Å². The smallest absolute Gasteiger partial charge is 0.126 e. The minimum atomic E-state index is 0.328. The second-order valence-electron chi connectivity index (χ2n) is 2.42. The summed E-state index contributed by atoms with van der Waals surface area (Å²) in [7, 11) is 0. The SMILES string of the molecule is CC.Cc1nsc2cccc(O)c12. The molecule has 0 bridgehead atoms. The highest BCUT2D eigenvalue weighted by Crippen LogP contribution is 2.29. The van der Waals surface area contributed by atoms with E-state index in [4.69, 9.17) is 0 Å². The van der Waals surface area contributed by atoms with Crippen LogP contribution in [-0.4, -0.2) is 9.48 Å². The van der Waals surface area contributed by atoms with Gasteiger partial charge < -0.3 is 5.11 Å². The van der Waals surface area contributed by atoms with Crippen molar-refractivity contribution in [2.45, 2.75) is 20.8 Å². The van der Waals surface area contributed by atoms with E-state index in [1.54, 1.807) is 6.07 Å². The maximum absolute atomic E-state index is 9.41. The molecular formula is C10H13NOS. The topological polar surface area (TPSA) is 33.1 Å². The summed E-state index contributed by atoms with van der Waals surface area (Å²) in [6.45, 7) is 5.90. The molecule has 0 aliphatic rings. The molecule has 0 aliphatic heterocycles. The van der Waals surface area contributed by atoms with Crippen molar-refractivity contribution in [1.82, 2.24) is 4.37 Å². The zero-order chi connectivity index (χ0) is 9.84. The van der Waals surface area contributed by atoms with Crippen molar-refractivity contribution in [3.63, 3.8) is 0 Å². The number of benzene rings is 1. The molecule has 1 N–H and O–H groups in total. The molecular weight excluding hydrogens is 182 g/mol. The predicted molar refractivity (Wildman–Crippen MR) is 57.4 cm³/mol. The third-order valence-electron chi connectivity index (χ3n) is 1.65. The van der Waals surface area contributed by atoms with Crippen molar-refractivity contribution < 1.29 is 5.11 Å². The summed E-state index contributed by atoms with van der Waals surface area (Å²) >= 11 is 1.42. The normalized spacial score (nSPS) is 9.46. The van der Waals surface area contributed by atoms with Gasteiger partial charge in [-0.05, 0) is 30.6 Å². The van der Waals surface area contributed by atoms with Gasteiger partial charge in [-0.15, -0.1) is 0 Å². The molecule has 2 rings (SSSR count). The largest absolute Gasteiger partial charge is 0.507 e. The van der Waals surface area contributed by atoms with E-state index in [1.165, 1.54) is 11.5 Å². The molecule has 2 aromatic rings. The first-order chi connectivity index (χ1) is 6.29. The second kappa shape index (κ2) is 4.23. The van der Waals surface area contributed by atoms with Gasteiger partial charge in [-0.1, -0.05) is 19.9 Å². The van der Waals surface area contributed by atoms with Crippen LogP contribution in [0.5, 0.6) is 5.75 Å². The van der Waals surface area contributed by atoms with Gasteiger partial charge in [0.15, 0.2) is 0 Å². The Balaban J connectivity index is 0.000000396. The quantitative estimate of drug-likeness (QED) is 0.699. The lowest BCUT2D eigenvalue weighted by Gasteiger charge is -1.92. The third-order valence-corrected chi connectivity index (χ3v) is 2.55. The van der Waals surface area contributed by atoms with Gasteiger partial charge in [0.25, 0.3) is 0 Å². The van der Waals surface area contributed by atoms with E-state index in [-0.39, 0.29) is 0 Å². The van der Waals surface area contributed by atoms with Crippen LogP contribution in [0.1, 0.15) is 19.5 Å². The summed E-state index contributed by atoms with van der Waals surface area (Å²) in [5.74, 6) is 0.328. The highest BCUT2D eigenvalue weighted by Gasteiger charge is 2.04. The summed E-state index contributed by atoms with van der Waals surface area (Å²) in [5, 5.41) is 10.3. The summed E-state index contributed by atoms with van der Waals surface area (Å²) < 4.78 is 5.18. The minimum absolute atomic E-state index is 0.328. The Hall–Kier alpha value is -1.09. The van der Waals surface area contributed by atoms with E-state index in [2.05, 4.69) is 4.37 Å². The lowest BCUT2D eigenvalue weighted by molar-refractivity contribution is 0.481. The van der Waals surface area contributed by atoms with E-state index in [9.17, 15) is 5.11 Å². The average Bonchev–Trinajstić information content (AvgIpc) is 2.53. The monoisotopic (exact) mass is 195 g/mol. The summed E-state index contributed by atoms with van der Waals surface area (Å²) in [4.78, 5) is 0. The maximum atomic E-state index is 9.41. The molecule has 1 aromatic heterocycles. The molecule has 0 saturated carbocycles. The molecule has 3 heteroatoms. The van der Waals surface area contributed by atoms with E-state index in [0.717, 1.165) is 15.8 Å². The van der Waals surface area contributed by atoms with Crippen LogP contribution in [0.15, 0.2) is 18.2 Å². The minimum Gasteiger partial charge on any atom is -0.507 e. The molecule has 0 saturated heterocycles. The molecule has 0 spiro atoms. The number of aryl methyl sites for hydroxylation is 1. The molecule has 0 radical (unpaired) electrons. The molecule has 0 atom stereocenters. The number of phenols is 1. The number of aromatic nitrogens is 1. The van der Waals surface area contributed by atoms with Gasteiger partial charge in [-0.25, -0.2) is 0 Å². The highest BCUT2D eigenvalue weighted by molar-refractivity contribution is 7.13. The van der Waals surface area contributed by atoms with Crippen LogP contribution in [0.4, 0.5) is 0 Å². The second-order valence-corrected chi connectivity index (χ2v) is 3.22. The van der Waals surface area contributed by atoms with Crippen LogP contribution in [-0.2, 0) is 0 Å². The number of fused-ring (bicyclic) bond motifs is 1. The van der Waals surface area contributed by atoms with Crippen molar-refractivity contribution in [2.24, 2.45) is 0 Å². The molecule has 0 amide bonds. The van der Waals surface area contributed by atoms with Crippen molar-refractivity contribution >= 4 is 21.6 Å². The van der Waals surface area contributed by atoms with Crippen LogP contribution in [0.2, 0.25) is 0 Å². The van der Waals surface area contributed by atoms with Gasteiger partial charge in [-0.2, -0.15) is 4.37 Å². The van der Waals surface area contributed by atoms with Crippen LogP contribution < -0.4 is 0 Å². The third kappa shape index (κ3) is 1.80. The molecule has 1 aromatic carbocycles. The molecule has 70 valence electrons. The van der Waals surface area contributed by atoms with Gasteiger partial charge >= 0.3 is 0 Å². The van der Waals surface area contributed by atoms with Gasteiger partial charge in [0.1, 0.15) is 5.75 Å². The van der Waals surface area contributed by atoms with Gasteiger partial charge in [0.05, 0.1) is 15.8 Å². The fraction of sp³-hybridized carbons (Fsp3) is 0.300. The molecule has 0 unspecified atom stereocenters. The molecule has 1 heterocycles. The summed E-state index contributed by atoms with van der Waals surface area (Å²) in [6, 6.07) is 5.47. The van der Waals surface area contributed by atoms with Crippen molar-refractivity contribution in [3.05, 3.63) is 23.9 Å². The number of hydrogen-bond acceptors (Lipinski definition) is 3. The Kier molecular flexibility index (Phi) is 3.25. The molecule has 0 fully saturated rings. The van der Waals surface area contributed by atoms with E-state index in [1.807, 2.05) is 32.9 Å². The van der Waals surface area contributed by atoms with Crippen molar-refractivity contribution in [3.8, 4) is 5.75 Å². The Morgan fingerprint density at radius 2 is 2.00 bits per heavy atom. The number of nitrogens with zero attached hydrogens (tertiary/aromatic N) is 1. The van der Waals surface area contributed by atoms with Crippen molar-refractivity contribution in [2.75, 3.05) is 0 Å². The molecule has 0 aliphatic carbocycles. The Labute approximate surface area is 82.0 Å². The van der Waals surface area contributed by atoms with E-state index >= 15 is 0 Å². The summed E-state index contributed by atoms with van der Waals surface area (Å²) in [5.41, 5.74) is 0.906. The van der Waals surface area contributed by atoms with E-state index < -0.39 is 0 Å². The van der Waals surface area contributed by atoms with Crippen LogP contribution in [0.3, 0.4) is 0 Å². The fourth-order valence-corrected chi connectivity index (χ4v) is 1.93. The fourth-order valence-electron chi connectivity index (χ4n) is 1.12. The van der Waals surface area contributed by atoms with Crippen molar-refractivity contribution in [1.29, 1.82) is 0 Å². The maximum Gasteiger partial charge on any atom is 0.126 e. The first-order valence-electron chi connectivity index (χ1n) is 4.33. The Morgan fingerprint density at radius 3 is 2.62 bits per heavy atom. The standard InChI is InChI=1S/C8H7NOS.C2H6/c1-5-8-6(10)3-2-4-7(8)11-9-5;1-2/h2-4,10H,1H3;1-2H3. The number of aromatic hydroxyl groups is 1. The van der Waals surface area contributed by atoms with Crippen LogP contribution in [0, 0.1) is 6.92 Å². The van der Waals surface area contributed by atoms with Gasteiger partial charge in [-0.3, -0.25) is 0 Å². The van der Waals surface area contributed by atoms with Crippen LogP contribution in [0.25, 0.3) is 10.1 Å². The number of hydrogen-bond donors (Lipinski definition) is 1. The molecule has 13 heavy (non-hydrogen) atoms. The molecule has 2 nitrogen and oxygen atoms in total. The van der Waals surface area contributed by atoms with E-state index in [0.29, 0.717) is 5.75 Å². The first-order valence-corrected chi connectivity index (χ1v) is 5.10. The summed E-state index contributed by atoms with van der Waals surface area (Å²) in [6.07, 6.45) is 0. The lowest BCUT2D eigenvalue weighted by Crippen LogP contribution is -1.70. The zero-order valence-electron chi connectivity index (χ0n) is 8.03. The Bertz CT molecular complexity index is 395. The Morgan fingerprint density at radius 1 is 1.31 bits per heavy atom.